The lowest BCUT2D eigenvalue weighted by Crippen LogP contribution is -2.39. The Bertz CT molecular complexity index is 418. The van der Waals surface area contributed by atoms with E-state index in [0.29, 0.717) is 11.5 Å². The van der Waals surface area contributed by atoms with Crippen molar-refractivity contribution in [1.29, 1.82) is 0 Å². The van der Waals surface area contributed by atoms with E-state index in [0.717, 1.165) is 25.2 Å². The molecule has 4 heteroatoms. The molecule has 98 valence electrons. The van der Waals surface area contributed by atoms with E-state index in [1.807, 2.05) is 0 Å². The molecule has 1 N–H and O–H groups in total. The Balaban J connectivity index is 1.93. The third-order valence-corrected chi connectivity index (χ3v) is 3.92. The Kier molecular flexibility index (Phi) is 3.94. The molecule has 0 aromatic carbocycles. The molecule has 2 rings (SSSR count). The summed E-state index contributed by atoms with van der Waals surface area (Å²) in [4.78, 5) is 15.4. The number of hydrogen-bond donors (Lipinski definition) is 1. The van der Waals surface area contributed by atoms with Crippen LogP contribution in [-0.4, -0.2) is 16.9 Å². The molecule has 3 unspecified atom stereocenters. The first-order valence-electron chi connectivity index (χ1n) is 6.48. The molecule has 18 heavy (non-hydrogen) atoms. The highest BCUT2D eigenvalue weighted by Gasteiger charge is 2.25. The van der Waals surface area contributed by atoms with Gasteiger partial charge in [0.05, 0.1) is 5.56 Å². The van der Waals surface area contributed by atoms with Crippen LogP contribution in [0.25, 0.3) is 0 Å². The minimum Gasteiger partial charge on any atom is -0.349 e. The van der Waals surface area contributed by atoms with Crippen molar-refractivity contribution in [3.05, 3.63) is 29.8 Å². The number of nitrogens with zero attached hydrogens (tertiary/aromatic N) is 1. The van der Waals surface area contributed by atoms with Gasteiger partial charge < -0.3 is 5.32 Å². The molecule has 3 atom stereocenters. The summed E-state index contributed by atoms with van der Waals surface area (Å²) in [5, 5.41) is 3.00. The fraction of sp³-hybridized carbons (Fsp3) is 0.571. The van der Waals surface area contributed by atoms with Crippen molar-refractivity contribution in [3.8, 4) is 0 Å². The van der Waals surface area contributed by atoms with Crippen molar-refractivity contribution in [1.82, 2.24) is 10.3 Å². The van der Waals surface area contributed by atoms with Gasteiger partial charge in [-0.1, -0.05) is 13.8 Å². The van der Waals surface area contributed by atoms with Crippen molar-refractivity contribution in [2.75, 3.05) is 0 Å². The van der Waals surface area contributed by atoms with Gasteiger partial charge in [0, 0.05) is 12.2 Å². The SMILES string of the molecule is CC1CCC(NC(=O)c2ccc(F)nc2)CC1C. The van der Waals surface area contributed by atoms with Crippen LogP contribution in [0.1, 0.15) is 43.5 Å². The summed E-state index contributed by atoms with van der Waals surface area (Å²) in [7, 11) is 0. The third kappa shape index (κ3) is 3.06. The lowest BCUT2D eigenvalue weighted by atomic mass is 9.79. The summed E-state index contributed by atoms with van der Waals surface area (Å²) >= 11 is 0. The molecule has 1 heterocycles. The van der Waals surface area contributed by atoms with E-state index in [2.05, 4.69) is 24.1 Å². The van der Waals surface area contributed by atoms with Crippen LogP contribution in [0.3, 0.4) is 0 Å². The number of carbonyl (C=O) groups excluding carboxylic acids is 1. The van der Waals surface area contributed by atoms with Gasteiger partial charge in [-0.3, -0.25) is 4.79 Å². The van der Waals surface area contributed by atoms with Crippen molar-refractivity contribution >= 4 is 5.91 Å². The molecule has 1 saturated carbocycles. The Morgan fingerprint density at radius 1 is 1.33 bits per heavy atom. The zero-order valence-electron chi connectivity index (χ0n) is 10.8. The minimum absolute atomic E-state index is 0.158. The third-order valence-electron chi connectivity index (χ3n) is 3.92. The average molecular weight is 250 g/mol. The molecule has 0 saturated heterocycles. The normalized spacial score (nSPS) is 27.8. The molecule has 1 aliphatic rings. The maximum atomic E-state index is 12.7. The van der Waals surface area contributed by atoms with Gasteiger partial charge in [0.15, 0.2) is 0 Å². The number of nitrogens with one attached hydrogen (secondary N) is 1. The van der Waals surface area contributed by atoms with Gasteiger partial charge in [-0.05, 0) is 43.2 Å². The van der Waals surface area contributed by atoms with Crippen LogP contribution >= 0.6 is 0 Å². The molecule has 0 bridgehead atoms. The monoisotopic (exact) mass is 250 g/mol. The Hall–Kier alpha value is -1.45. The molecular formula is C14H19FN2O. The first-order valence-corrected chi connectivity index (χ1v) is 6.48. The zero-order valence-corrected chi connectivity index (χ0v) is 10.8. The van der Waals surface area contributed by atoms with E-state index >= 15 is 0 Å². The number of rotatable bonds is 2. The van der Waals surface area contributed by atoms with Crippen LogP contribution in [-0.2, 0) is 0 Å². The number of halogens is 1. The van der Waals surface area contributed by atoms with E-state index in [9.17, 15) is 9.18 Å². The van der Waals surface area contributed by atoms with Crippen molar-refractivity contribution in [3.63, 3.8) is 0 Å². The lowest BCUT2D eigenvalue weighted by molar-refractivity contribution is 0.0910. The van der Waals surface area contributed by atoms with Crippen LogP contribution in [0.5, 0.6) is 0 Å². The largest absolute Gasteiger partial charge is 0.349 e. The smallest absolute Gasteiger partial charge is 0.253 e. The second-order valence-electron chi connectivity index (χ2n) is 5.31. The Morgan fingerprint density at radius 3 is 2.72 bits per heavy atom. The average Bonchev–Trinajstić information content (AvgIpc) is 2.34. The lowest BCUT2D eigenvalue weighted by Gasteiger charge is -2.32. The van der Waals surface area contributed by atoms with E-state index in [4.69, 9.17) is 0 Å². The van der Waals surface area contributed by atoms with Crippen molar-refractivity contribution in [2.24, 2.45) is 11.8 Å². The zero-order chi connectivity index (χ0) is 13.1. The fourth-order valence-corrected chi connectivity index (χ4v) is 2.46. The highest BCUT2D eigenvalue weighted by Crippen LogP contribution is 2.29. The quantitative estimate of drug-likeness (QED) is 0.820. The van der Waals surface area contributed by atoms with Gasteiger partial charge in [-0.25, -0.2) is 4.98 Å². The van der Waals surface area contributed by atoms with E-state index in [1.54, 1.807) is 0 Å². The summed E-state index contributed by atoms with van der Waals surface area (Å²) in [5.41, 5.74) is 0.419. The summed E-state index contributed by atoms with van der Waals surface area (Å²) in [5.74, 6) is 0.641. The molecule has 1 aromatic rings. The summed E-state index contributed by atoms with van der Waals surface area (Å²) in [6.07, 6.45) is 4.46. The van der Waals surface area contributed by atoms with Gasteiger partial charge in [0.1, 0.15) is 0 Å². The van der Waals surface area contributed by atoms with Crippen LogP contribution in [0.15, 0.2) is 18.3 Å². The van der Waals surface area contributed by atoms with Crippen molar-refractivity contribution < 1.29 is 9.18 Å². The number of carbonyl (C=O) groups is 1. The maximum Gasteiger partial charge on any atom is 0.253 e. The number of amides is 1. The van der Waals surface area contributed by atoms with Gasteiger partial charge in [-0.15, -0.1) is 0 Å². The molecule has 0 aliphatic heterocycles. The maximum absolute atomic E-state index is 12.7. The summed E-state index contributed by atoms with van der Waals surface area (Å²) < 4.78 is 12.7. The standard InChI is InChI=1S/C14H19FN2O/c1-9-3-5-12(7-10(9)2)17-14(18)11-4-6-13(15)16-8-11/h4,6,8-10,12H,3,5,7H2,1-2H3,(H,17,18). The predicted molar refractivity (Wildman–Crippen MR) is 67.6 cm³/mol. The summed E-state index contributed by atoms with van der Waals surface area (Å²) in [6, 6.07) is 2.90. The number of aromatic nitrogens is 1. The topological polar surface area (TPSA) is 42.0 Å². The van der Waals surface area contributed by atoms with Gasteiger partial charge >= 0.3 is 0 Å². The van der Waals surface area contributed by atoms with Gasteiger partial charge in [0.25, 0.3) is 5.91 Å². The molecule has 1 amide bonds. The second kappa shape index (κ2) is 5.46. The summed E-state index contributed by atoms with van der Waals surface area (Å²) in [6.45, 7) is 4.48. The molecule has 0 radical (unpaired) electrons. The molecule has 1 aliphatic carbocycles. The minimum atomic E-state index is -0.563. The number of hydrogen-bond acceptors (Lipinski definition) is 2. The molecule has 3 nitrogen and oxygen atoms in total. The Labute approximate surface area is 107 Å². The molecule has 0 spiro atoms. The first kappa shape index (κ1) is 13.0. The molecular weight excluding hydrogens is 231 g/mol. The van der Waals surface area contributed by atoms with Gasteiger partial charge in [0.2, 0.25) is 5.95 Å². The van der Waals surface area contributed by atoms with E-state index in [-0.39, 0.29) is 11.9 Å². The molecule has 1 fully saturated rings. The van der Waals surface area contributed by atoms with Gasteiger partial charge in [-0.2, -0.15) is 4.39 Å². The van der Waals surface area contributed by atoms with Crippen LogP contribution in [0.4, 0.5) is 4.39 Å². The molecule has 1 aromatic heterocycles. The van der Waals surface area contributed by atoms with Crippen LogP contribution in [0.2, 0.25) is 0 Å². The predicted octanol–water partition coefficient (Wildman–Crippen LogP) is 2.78. The van der Waals surface area contributed by atoms with E-state index < -0.39 is 5.95 Å². The highest BCUT2D eigenvalue weighted by molar-refractivity contribution is 5.94. The first-order chi connectivity index (χ1) is 8.56. The van der Waals surface area contributed by atoms with Crippen LogP contribution in [0, 0.1) is 17.8 Å². The fourth-order valence-electron chi connectivity index (χ4n) is 2.46. The van der Waals surface area contributed by atoms with E-state index in [1.165, 1.54) is 18.3 Å². The number of pyridine rings is 1. The van der Waals surface area contributed by atoms with Crippen LogP contribution < -0.4 is 5.32 Å². The Morgan fingerprint density at radius 2 is 2.11 bits per heavy atom. The van der Waals surface area contributed by atoms with Crippen molar-refractivity contribution in [2.45, 2.75) is 39.2 Å². The highest BCUT2D eigenvalue weighted by atomic mass is 19.1. The second-order valence-corrected chi connectivity index (χ2v) is 5.31.